The quantitative estimate of drug-likeness (QED) is 0.144. The smallest absolute Gasteiger partial charge is 0.350 e. The molecule has 0 radical (unpaired) electrons. The third-order valence-corrected chi connectivity index (χ3v) is 10.9. The number of carbonyl (C=O) groups excluding carboxylic acids is 3. The Bertz CT molecular complexity index is 2420. The van der Waals surface area contributed by atoms with Gasteiger partial charge in [0.15, 0.2) is 17.3 Å². The summed E-state index contributed by atoms with van der Waals surface area (Å²) in [6.45, 7) is 3.54. The number of aromatic nitrogens is 6. The number of hydrogen-bond donors (Lipinski definition) is 3. The summed E-state index contributed by atoms with van der Waals surface area (Å²) in [5.41, 5.74) is -0.750. The second-order valence-electron chi connectivity index (χ2n) is 15.4. The van der Waals surface area contributed by atoms with Crippen molar-refractivity contribution in [3.63, 3.8) is 0 Å². The van der Waals surface area contributed by atoms with E-state index in [1.807, 2.05) is 0 Å². The molecule has 2 aliphatic heterocycles. The van der Waals surface area contributed by atoms with Gasteiger partial charge in [0.1, 0.15) is 28.7 Å². The number of imide groups is 1. The molecule has 1 saturated carbocycles. The first-order valence-corrected chi connectivity index (χ1v) is 18.2. The largest absolute Gasteiger partial charge is 0.401 e. The van der Waals surface area contributed by atoms with Crippen LogP contribution in [0.25, 0.3) is 22.6 Å². The van der Waals surface area contributed by atoms with Crippen molar-refractivity contribution in [2.24, 2.45) is 5.41 Å². The highest BCUT2D eigenvalue weighted by atomic mass is 19.4. The van der Waals surface area contributed by atoms with Gasteiger partial charge >= 0.3 is 12.2 Å². The lowest BCUT2D eigenvalue weighted by atomic mass is 9.56. The van der Waals surface area contributed by atoms with Crippen LogP contribution in [-0.2, 0) is 23.3 Å². The Labute approximate surface area is 325 Å². The van der Waals surface area contributed by atoms with Gasteiger partial charge in [-0.25, -0.2) is 32.9 Å². The van der Waals surface area contributed by atoms with Crippen LogP contribution in [0.5, 0.6) is 0 Å². The van der Waals surface area contributed by atoms with E-state index in [1.54, 1.807) is 12.1 Å². The number of benzene rings is 2. The fourth-order valence-electron chi connectivity index (χ4n) is 7.61. The van der Waals surface area contributed by atoms with Gasteiger partial charge in [0.2, 0.25) is 11.7 Å². The standard InChI is InChI=1S/C38H34F6N10O4/c1-36(2,38(42,43)44)34-48-30(50-51-34)15-47-33(56)29-10-27(52-58-29)32-45-13-21(14-46-32)22-4-3-19(7-24(22)39)16-53-17-37(18-53)11-20(12-37)23-8-26(41)28(9-25(23)40)54-6-5-31(55)49-35(54)57/h3-4,7-10,13-14,20H,5-6,11-12,15-18H2,1-2H3,(H,47,56)(H,48,50,51)(H,49,55,57). The van der Waals surface area contributed by atoms with Crippen LogP contribution in [0.3, 0.4) is 0 Å². The van der Waals surface area contributed by atoms with Crippen molar-refractivity contribution in [1.82, 2.24) is 45.8 Å². The average Bonchev–Trinajstić information content (AvgIpc) is 3.84. The van der Waals surface area contributed by atoms with Gasteiger partial charge in [0.05, 0.1) is 12.2 Å². The summed E-state index contributed by atoms with van der Waals surface area (Å²) in [6.07, 6.45) is -0.436. The number of nitrogens with one attached hydrogen (secondary N) is 3. The van der Waals surface area contributed by atoms with Gasteiger partial charge in [-0.15, -0.1) is 0 Å². The zero-order chi connectivity index (χ0) is 41.1. The number of carbonyl (C=O) groups is 3. The molecule has 3 N–H and O–H groups in total. The van der Waals surface area contributed by atoms with Crippen LogP contribution in [0.4, 0.5) is 36.8 Å². The van der Waals surface area contributed by atoms with Crippen LogP contribution in [-0.4, -0.2) is 78.9 Å². The minimum atomic E-state index is -4.58. The molecule has 3 aliphatic rings. The zero-order valence-corrected chi connectivity index (χ0v) is 30.9. The number of likely N-dealkylation sites (tertiary alicyclic amines) is 1. The van der Waals surface area contributed by atoms with Gasteiger partial charge in [-0.3, -0.25) is 29.8 Å². The highest BCUT2D eigenvalue weighted by Crippen LogP contribution is 2.57. The third-order valence-electron chi connectivity index (χ3n) is 10.9. The first-order chi connectivity index (χ1) is 27.5. The van der Waals surface area contributed by atoms with Crippen molar-refractivity contribution in [3.05, 3.63) is 94.8 Å². The van der Waals surface area contributed by atoms with E-state index in [1.165, 1.54) is 24.5 Å². The summed E-state index contributed by atoms with van der Waals surface area (Å²) in [6, 6.07) is 7.53. The predicted molar refractivity (Wildman–Crippen MR) is 191 cm³/mol. The molecule has 0 unspecified atom stereocenters. The zero-order valence-electron chi connectivity index (χ0n) is 30.9. The Kier molecular flexibility index (Phi) is 9.56. The molecule has 5 aromatic rings. The lowest BCUT2D eigenvalue weighted by Gasteiger charge is -2.59. The Morgan fingerprint density at radius 2 is 1.74 bits per heavy atom. The summed E-state index contributed by atoms with van der Waals surface area (Å²) in [5.74, 6) is -3.75. The van der Waals surface area contributed by atoms with Crippen molar-refractivity contribution in [3.8, 4) is 22.6 Å². The van der Waals surface area contributed by atoms with Crippen molar-refractivity contribution in [1.29, 1.82) is 0 Å². The maximum Gasteiger partial charge on any atom is 0.401 e. The van der Waals surface area contributed by atoms with E-state index in [0.717, 1.165) is 49.5 Å². The summed E-state index contributed by atoms with van der Waals surface area (Å²) in [7, 11) is 0. The normalized spacial score (nSPS) is 17.3. The number of alkyl halides is 3. The minimum Gasteiger partial charge on any atom is -0.350 e. The third kappa shape index (κ3) is 7.27. The molecule has 3 fully saturated rings. The second kappa shape index (κ2) is 14.3. The van der Waals surface area contributed by atoms with Gasteiger partial charge in [-0.05, 0) is 61.3 Å². The molecular weight excluding hydrogens is 774 g/mol. The molecule has 4 amide bonds. The van der Waals surface area contributed by atoms with Gasteiger partial charge in [-0.2, -0.15) is 18.3 Å². The predicted octanol–water partition coefficient (Wildman–Crippen LogP) is 5.93. The topological polar surface area (TPSA) is 175 Å². The van der Waals surface area contributed by atoms with Gasteiger partial charge in [0, 0.05) is 68.3 Å². The summed E-state index contributed by atoms with van der Waals surface area (Å²) in [5, 5.41) is 14.4. The van der Waals surface area contributed by atoms with E-state index in [9.17, 15) is 27.6 Å². The average molecular weight is 809 g/mol. The van der Waals surface area contributed by atoms with Gasteiger partial charge in [0.25, 0.3) is 5.91 Å². The van der Waals surface area contributed by atoms with Gasteiger partial charge < -0.3 is 9.84 Å². The fourth-order valence-corrected chi connectivity index (χ4v) is 7.61. The number of aromatic amines is 1. The van der Waals surface area contributed by atoms with Crippen LogP contribution in [0, 0.1) is 22.9 Å². The number of hydrogen-bond acceptors (Lipinski definition) is 10. The highest BCUT2D eigenvalue weighted by Gasteiger charge is 2.53. The molecule has 5 heterocycles. The molecule has 1 aliphatic carbocycles. The molecule has 8 rings (SSSR count). The van der Waals surface area contributed by atoms with E-state index >= 15 is 13.2 Å². The van der Waals surface area contributed by atoms with Crippen molar-refractivity contribution >= 4 is 23.5 Å². The summed E-state index contributed by atoms with van der Waals surface area (Å²) >= 11 is 0. The summed E-state index contributed by atoms with van der Waals surface area (Å²) in [4.78, 5) is 51.7. The lowest BCUT2D eigenvalue weighted by Crippen LogP contribution is -2.61. The molecule has 2 saturated heterocycles. The molecule has 20 heteroatoms. The number of amides is 4. The van der Waals surface area contributed by atoms with Crippen LogP contribution < -0.4 is 15.5 Å². The maximum atomic E-state index is 15.3. The first kappa shape index (κ1) is 38.7. The SMILES string of the molecule is CC(C)(c1n[nH]c(CNC(=O)c2cc(-c3ncc(-c4ccc(CN5CC6(CC(c7cc(F)c(N8CCC(=O)NC8=O)cc7F)C6)C5)cc4F)cn3)no2)n1)C(F)(F)F. The number of anilines is 1. The lowest BCUT2D eigenvalue weighted by molar-refractivity contribution is -0.182. The number of urea groups is 1. The second-order valence-corrected chi connectivity index (χ2v) is 15.4. The van der Waals surface area contributed by atoms with Crippen LogP contribution in [0.2, 0.25) is 0 Å². The highest BCUT2D eigenvalue weighted by molar-refractivity contribution is 6.05. The minimum absolute atomic E-state index is 0.00327. The van der Waals surface area contributed by atoms with Gasteiger partial charge in [-0.1, -0.05) is 17.3 Å². The van der Waals surface area contributed by atoms with E-state index in [4.69, 9.17) is 4.52 Å². The van der Waals surface area contributed by atoms with Crippen LogP contribution >= 0.6 is 0 Å². The van der Waals surface area contributed by atoms with E-state index in [-0.39, 0.29) is 70.8 Å². The molecule has 3 aromatic heterocycles. The Hall–Kier alpha value is -6.18. The van der Waals surface area contributed by atoms with E-state index in [0.29, 0.717) is 24.9 Å². The molecule has 2 aromatic carbocycles. The molecule has 0 bridgehead atoms. The van der Waals surface area contributed by atoms with E-state index in [2.05, 4.69) is 45.8 Å². The van der Waals surface area contributed by atoms with E-state index < -0.39 is 52.7 Å². The molecule has 1 spiro atoms. The van der Waals surface area contributed by atoms with Crippen LogP contribution in [0.1, 0.15) is 72.4 Å². The van der Waals surface area contributed by atoms with Crippen molar-refractivity contribution < 1.29 is 45.2 Å². The van der Waals surface area contributed by atoms with Crippen molar-refractivity contribution in [2.75, 3.05) is 24.5 Å². The Morgan fingerprint density at radius 3 is 2.43 bits per heavy atom. The molecule has 302 valence electrons. The number of nitrogens with zero attached hydrogens (tertiary/aromatic N) is 7. The number of H-pyrrole nitrogens is 1. The molecule has 58 heavy (non-hydrogen) atoms. The Balaban J connectivity index is 0.822. The monoisotopic (exact) mass is 808 g/mol. The van der Waals surface area contributed by atoms with Crippen molar-refractivity contribution in [2.45, 2.75) is 63.7 Å². The van der Waals surface area contributed by atoms with Crippen LogP contribution in [0.15, 0.2) is 53.3 Å². The molecular formula is C38H34F6N10O4. The molecule has 0 atom stereocenters. The maximum absolute atomic E-state index is 15.3. The fraction of sp³-hybridized carbons (Fsp3) is 0.368. The number of rotatable bonds is 10. The first-order valence-electron chi connectivity index (χ1n) is 18.2. The number of halogens is 6. The summed E-state index contributed by atoms with van der Waals surface area (Å²) < 4.78 is 90.5. The molecule has 14 nitrogen and oxygen atoms in total. The Morgan fingerprint density at radius 1 is 1.00 bits per heavy atom.